The summed E-state index contributed by atoms with van der Waals surface area (Å²) in [6.45, 7) is 1.77. The van der Waals surface area contributed by atoms with Crippen LogP contribution in [0, 0.1) is 0 Å². The largest absolute Gasteiger partial charge is 0.324 e. The average molecular weight is 669 g/mol. The van der Waals surface area contributed by atoms with Crippen molar-refractivity contribution in [3.63, 3.8) is 0 Å². The summed E-state index contributed by atoms with van der Waals surface area (Å²) in [5.74, 6) is -1.15. The molecule has 208 valence electrons. The standard InChI is InChI=1S/C31H24BrCl2N3O3S/c1-19(29(38)36-27-14-13-23(33)17-26(27)34)41-25-12-6-11-24(18-25)35-31(40)28(16-20-7-5-10-22(32)15-20)37-30(39)21-8-3-2-4-9-21/h2-19H,1H3,(H,35,40)(H,36,38)(H,37,39)/b28-16+. The maximum absolute atomic E-state index is 13.4. The van der Waals surface area contributed by atoms with E-state index in [9.17, 15) is 14.4 Å². The van der Waals surface area contributed by atoms with Gasteiger partial charge in [0.05, 0.1) is 16.0 Å². The third kappa shape index (κ3) is 8.96. The molecule has 10 heteroatoms. The van der Waals surface area contributed by atoms with E-state index in [1.54, 1.807) is 73.7 Å². The first-order chi connectivity index (χ1) is 19.7. The number of rotatable bonds is 9. The molecule has 0 aliphatic heterocycles. The van der Waals surface area contributed by atoms with Crippen LogP contribution in [-0.4, -0.2) is 23.0 Å². The predicted molar refractivity (Wildman–Crippen MR) is 172 cm³/mol. The molecule has 3 amide bonds. The van der Waals surface area contributed by atoms with Crippen molar-refractivity contribution in [3.05, 3.63) is 128 Å². The molecule has 0 aromatic heterocycles. The van der Waals surface area contributed by atoms with Crippen LogP contribution in [0.25, 0.3) is 6.08 Å². The van der Waals surface area contributed by atoms with E-state index in [1.165, 1.54) is 11.8 Å². The minimum atomic E-state index is -0.500. The van der Waals surface area contributed by atoms with Crippen LogP contribution in [0.5, 0.6) is 0 Å². The van der Waals surface area contributed by atoms with Crippen molar-refractivity contribution in [1.29, 1.82) is 0 Å². The Morgan fingerprint density at radius 3 is 2.34 bits per heavy atom. The lowest BCUT2D eigenvalue weighted by molar-refractivity contribution is -0.115. The first-order valence-electron chi connectivity index (χ1n) is 12.4. The molecule has 41 heavy (non-hydrogen) atoms. The van der Waals surface area contributed by atoms with Gasteiger partial charge < -0.3 is 16.0 Å². The molecule has 3 N–H and O–H groups in total. The van der Waals surface area contributed by atoms with E-state index in [2.05, 4.69) is 31.9 Å². The van der Waals surface area contributed by atoms with Gasteiger partial charge in [0.15, 0.2) is 0 Å². The molecule has 0 heterocycles. The lowest BCUT2D eigenvalue weighted by atomic mass is 10.1. The highest BCUT2D eigenvalue weighted by Gasteiger charge is 2.18. The fourth-order valence-electron chi connectivity index (χ4n) is 3.63. The fourth-order valence-corrected chi connectivity index (χ4v) is 5.43. The summed E-state index contributed by atoms with van der Waals surface area (Å²) in [4.78, 5) is 39.8. The normalized spacial score (nSPS) is 11.9. The van der Waals surface area contributed by atoms with Crippen LogP contribution in [0.15, 0.2) is 112 Å². The highest BCUT2D eigenvalue weighted by atomic mass is 79.9. The van der Waals surface area contributed by atoms with Gasteiger partial charge in [0.1, 0.15) is 5.70 Å². The van der Waals surface area contributed by atoms with Crippen LogP contribution in [-0.2, 0) is 9.59 Å². The van der Waals surface area contributed by atoms with Crippen LogP contribution in [0.4, 0.5) is 11.4 Å². The highest BCUT2D eigenvalue weighted by Crippen LogP contribution is 2.29. The summed E-state index contributed by atoms with van der Waals surface area (Å²) in [5, 5.41) is 8.74. The van der Waals surface area contributed by atoms with Gasteiger partial charge in [-0.05, 0) is 79.2 Å². The summed E-state index contributed by atoms with van der Waals surface area (Å²) >= 11 is 16.9. The third-order valence-corrected chi connectivity index (χ3v) is 7.79. The minimum Gasteiger partial charge on any atom is -0.324 e. The number of hydrogen-bond donors (Lipinski definition) is 3. The molecule has 0 saturated heterocycles. The first-order valence-corrected chi connectivity index (χ1v) is 14.8. The van der Waals surface area contributed by atoms with Gasteiger partial charge in [0.25, 0.3) is 11.8 Å². The monoisotopic (exact) mass is 667 g/mol. The second-order valence-electron chi connectivity index (χ2n) is 8.79. The molecule has 1 unspecified atom stereocenters. The van der Waals surface area contributed by atoms with Gasteiger partial charge in [-0.2, -0.15) is 0 Å². The number of nitrogens with one attached hydrogen (secondary N) is 3. The van der Waals surface area contributed by atoms with Crippen LogP contribution in [0.1, 0.15) is 22.8 Å². The Kier molecular flexibility index (Phi) is 10.7. The van der Waals surface area contributed by atoms with Gasteiger partial charge in [0.2, 0.25) is 5.91 Å². The maximum atomic E-state index is 13.4. The molecule has 0 spiro atoms. The van der Waals surface area contributed by atoms with E-state index < -0.39 is 17.1 Å². The van der Waals surface area contributed by atoms with E-state index in [0.717, 1.165) is 14.9 Å². The van der Waals surface area contributed by atoms with Gasteiger partial charge >= 0.3 is 0 Å². The van der Waals surface area contributed by atoms with Crippen molar-refractivity contribution >= 4 is 86.1 Å². The number of halogens is 3. The van der Waals surface area contributed by atoms with Crippen molar-refractivity contribution < 1.29 is 14.4 Å². The summed E-state index contributed by atoms with van der Waals surface area (Å²) in [7, 11) is 0. The van der Waals surface area contributed by atoms with Gasteiger partial charge in [0, 0.05) is 25.6 Å². The molecule has 4 rings (SSSR count). The second kappa shape index (κ2) is 14.4. The van der Waals surface area contributed by atoms with Crippen molar-refractivity contribution in [2.75, 3.05) is 10.6 Å². The summed E-state index contributed by atoms with van der Waals surface area (Å²) in [6, 6.07) is 28.0. The number of carbonyl (C=O) groups excluding carboxylic acids is 3. The van der Waals surface area contributed by atoms with Gasteiger partial charge in [-0.25, -0.2) is 0 Å². The number of carbonyl (C=O) groups is 3. The number of benzene rings is 4. The first kappa shape index (κ1) is 30.4. The highest BCUT2D eigenvalue weighted by molar-refractivity contribution is 9.10. The molecule has 4 aromatic carbocycles. The molecule has 4 aromatic rings. The molecule has 6 nitrogen and oxygen atoms in total. The Hall–Kier alpha value is -3.56. The SMILES string of the molecule is CC(Sc1cccc(NC(=O)/C(=C\c2cccc(Br)c2)NC(=O)c2ccccc2)c1)C(=O)Nc1ccc(Cl)cc1Cl. The van der Waals surface area contributed by atoms with Crippen molar-refractivity contribution in [1.82, 2.24) is 5.32 Å². The zero-order chi connectivity index (χ0) is 29.4. The maximum Gasteiger partial charge on any atom is 0.272 e. The van der Waals surface area contributed by atoms with E-state index in [1.807, 2.05) is 36.4 Å². The summed E-state index contributed by atoms with van der Waals surface area (Å²) in [5.41, 5.74) is 2.19. The molecule has 0 fully saturated rings. The summed E-state index contributed by atoms with van der Waals surface area (Å²) in [6.07, 6.45) is 1.60. The fraction of sp³-hybridized carbons (Fsp3) is 0.0645. The number of anilines is 2. The molecule has 0 aliphatic rings. The van der Waals surface area contributed by atoms with Gasteiger partial charge in [-0.15, -0.1) is 11.8 Å². The smallest absolute Gasteiger partial charge is 0.272 e. The molecular formula is C31H24BrCl2N3O3S. The quantitative estimate of drug-likeness (QED) is 0.124. The predicted octanol–water partition coefficient (Wildman–Crippen LogP) is 8.28. The average Bonchev–Trinajstić information content (AvgIpc) is 2.94. The molecule has 0 saturated carbocycles. The van der Waals surface area contributed by atoms with Crippen molar-refractivity contribution in [2.45, 2.75) is 17.1 Å². The van der Waals surface area contributed by atoms with Crippen LogP contribution >= 0.6 is 50.9 Å². The lowest BCUT2D eigenvalue weighted by Gasteiger charge is -2.15. The zero-order valence-electron chi connectivity index (χ0n) is 21.7. The molecular weight excluding hydrogens is 645 g/mol. The number of hydrogen-bond acceptors (Lipinski definition) is 4. The Morgan fingerprint density at radius 2 is 1.61 bits per heavy atom. The van der Waals surface area contributed by atoms with Crippen molar-refractivity contribution in [2.24, 2.45) is 0 Å². The Labute approximate surface area is 260 Å². The van der Waals surface area contributed by atoms with Crippen LogP contribution in [0.3, 0.4) is 0 Å². The molecule has 0 radical (unpaired) electrons. The van der Waals surface area contributed by atoms with Crippen LogP contribution < -0.4 is 16.0 Å². The Balaban J connectivity index is 1.48. The molecule has 0 bridgehead atoms. The van der Waals surface area contributed by atoms with E-state index in [4.69, 9.17) is 23.2 Å². The van der Waals surface area contributed by atoms with E-state index >= 15 is 0 Å². The van der Waals surface area contributed by atoms with Gasteiger partial charge in [-0.3, -0.25) is 14.4 Å². The number of amides is 3. The van der Waals surface area contributed by atoms with Crippen LogP contribution in [0.2, 0.25) is 10.0 Å². The second-order valence-corrected chi connectivity index (χ2v) is 12.0. The zero-order valence-corrected chi connectivity index (χ0v) is 25.6. The summed E-state index contributed by atoms with van der Waals surface area (Å²) < 4.78 is 0.835. The van der Waals surface area contributed by atoms with Gasteiger partial charge in [-0.1, -0.05) is 75.5 Å². The molecule has 1 atom stereocenters. The Bertz CT molecular complexity index is 1620. The molecule has 0 aliphatic carbocycles. The lowest BCUT2D eigenvalue weighted by Crippen LogP contribution is -2.30. The third-order valence-electron chi connectivity index (χ3n) is 5.65. The van der Waals surface area contributed by atoms with E-state index in [-0.39, 0.29) is 11.6 Å². The number of thioether (sulfide) groups is 1. The van der Waals surface area contributed by atoms with E-state index in [0.29, 0.717) is 27.0 Å². The van der Waals surface area contributed by atoms with Crippen molar-refractivity contribution in [3.8, 4) is 0 Å². The Morgan fingerprint density at radius 1 is 0.854 bits per heavy atom. The minimum absolute atomic E-state index is 0.0719. The topological polar surface area (TPSA) is 87.3 Å².